The van der Waals surface area contributed by atoms with Crippen LogP contribution in [0.15, 0.2) is 42.5 Å². The predicted molar refractivity (Wildman–Crippen MR) is 79.6 cm³/mol. The van der Waals surface area contributed by atoms with Crippen LogP contribution in [0.3, 0.4) is 0 Å². The summed E-state index contributed by atoms with van der Waals surface area (Å²) in [6.45, 7) is 1.44. The Morgan fingerprint density at radius 3 is 2.42 bits per heavy atom. The number of nitrogen functional groups attached to an aromatic ring is 2. The number of carbonyl (C=O) groups excluding carboxylic acids is 1. The lowest BCUT2D eigenvalue weighted by Crippen LogP contribution is -1.95. The second-order valence-corrected chi connectivity index (χ2v) is 4.90. The van der Waals surface area contributed by atoms with Gasteiger partial charge in [-0.15, -0.1) is 0 Å². The van der Waals surface area contributed by atoms with Crippen LogP contribution in [0.4, 0.5) is 11.4 Å². The summed E-state index contributed by atoms with van der Waals surface area (Å²) in [5, 5.41) is -0.113. The highest BCUT2D eigenvalue weighted by atomic mass is 32.2. The van der Waals surface area contributed by atoms with Gasteiger partial charge in [-0.25, -0.2) is 0 Å². The Labute approximate surface area is 116 Å². The molecular formula is C14H14N2O2S. The first-order chi connectivity index (χ1) is 9.08. The van der Waals surface area contributed by atoms with Crippen LogP contribution in [0.2, 0.25) is 0 Å². The smallest absolute Gasteiger partial charge is 0.224 e. The Hall–Kier alpha value is -2.14. The Morgan fingerprint density at radius 2 is 1.74 bits per heavy atom. The topological polar surface area (TPSA) is 78.3 Å². The normalized spacial score (nSPS) is 10.2. The fourth-order valence-electron chi connectivity index (χ4n) is 1.67. The molecule has 0 aromatic heterocycles. The van der Waals surface area contributed by atoms with Gasteiger partial charge in [-0.1, -0.05) is 18.2 Å². The van der Waals surface area contributed by atoms with Crippen molar-refractivity contribution in [3.05, 3.63) is 42.5 Å². The molecule has 0 fully saturated rings. The first-order valence-corrected chi connectivity index (χ1v) is 6.41. The molecule has 0 unspecified atom stereocenters. The van der Waals surface area contributed by atoms with Crippen LogP contribution in [0.1, 0.15) is 6.92 Å². The van der Waals surface area contributed by atoms with Crippen molar-refractivity contribution >= 4 is 28.5 Å². The molecule has 0 spiro atoms. The number of nitrogens with two attached hydrogens (primary N) is 2. The first kappa shape index (κ1) is 13.3. The molecule has 0 aliphatic rings. The first-order valence-electron chi connectivity index (χ1n) is 5.67. The van der Waals surface area contributed by atoms with Crippen molar-refractivity contribution in [3.8, 4) is 16.9 Å². The van der Waals surface area contributed by atoms with Gasteiger partial charge in [0.05, 0.1) is 0 Å². The summed E-state index contributed by atoms with van der Waals surface area (Å²) in [5.41, 5.74) is 14.8. The predicted octanol–water partition coefficient (Wildman–Crippen LogP) is 3.09. The number of rotatable bonds is 3. The largest absolute Gasteiger partial charge is 0.418 e. The molecule has 0 aliphatic carbocycles. The van der Waals surface area contributed by atoms with E-state index in [1.807, 2.05) is 24.3 Å². The van der Waals surface area contributed by atoms with Crippen molar-refractivity contribution in [2.45, 2.75) is 6.92 Å². The molecule has 4 N–H and O–H groups in total. The SMILES string of the molecule is CC(=O)SOc1ccc(N)c(-c2ccccc2N)c1. The quantitative estimate of drug-likeness (QED) is 0.664. The van der Waals surface area contributed by atoms with Gasteiger partial charge >= 0.3 is 0 Å². The zero-order valence-electron chi connectivity index (χ0n) is 10.4. The van der Waals surface area contributed by atoms with Gasteiger partial charge in [0.15, 0.2) is 0 Å². The zero-order valence-corrected chi connectivity index (χ0v) is 11.2. The van der Waals surface area contributed by atoms with Crippen molar-refractivity contribution in [1.82, 2.24) is 0 Å². The maximum Gasteiger partial charge on any atom is 0.224 e. The molecule has 2 aromatic rings. The molecule has 4 nitrogen and oxygen atoms in total. The van der Waals surface area contributed by atoms with E-state index < -0.39 is 0 Å². The van der Waals surface area contributed by atoms with Gasteiger partial charge in [-0.05, 0) is 24.3 Å². The van der Waals surface area contributed by atoms with Gasteiger partial charge in [0.25, 0.3) is 0 Å². The molecule has 0 heterocycles. The molecule has 0 saturated carbocycles. The molecule has 0 radical (unpaired) electrons. The Balaban J connectivity index is 2.37. The third kappa shape index (κ3) is 3.20. The average Bonchev–Trinajstić information content (AvgIpc) is 2.38. The molecule has 0 aliphatic heterocycles. The fraction of sp³-hybridized carbons (Fsp3) is 0.0714. The van der Waals surface area contributed by atoms with E-state index in [0.29, 0.717) is 17.1 Å². The lowest BCUT2D eigenvalue weighted by Gasteiger charge is -2.10. The maximum atomic E-state index is 10.9. The second-order valence-electron chi connectivity index (χ2n) is 3.99. The van der Waals surface area contributed by atoms with E-state index in [9.17, 15) is 4.79 Å². The van der Waals surface area contributed by atoms with E-state index >= 15 is 0 Å². The van der Waals surface area contributed by atoms with E-state index in [4.69, 9.17) is 15.7 Å². The van der Waals surface area contributed by atoms with Gasteiger partial charge in [0.2, 0.25) is 5.12 Å². The molecule has 5 heteroatoms. The molecule has 2 aromatic carbocycles. The van der Waals surface area contributed by atoms with Gasteiger partial charge in [-0.2, -0.15) is 0 Å². The average molecular weight is 274 g/mol. The van der Waals surface area contributed by atoms with Gasteiger partial charge < -0.3 is 15.7 Å². The summed E-state index contributed by atoms with van der Waals surface area (Å²) < 4.78 is 5.30. The summed E-state index contributed by atoms with van der Waals surface area (Å²) in [4.78, 5) is 10.9. The highest BCUT2D eigenvalue weighted by Crippen LogP contribution is 2.34. The molecule has 0 amide bonds. The molecule has 0 saturated heterocycles. The molecule has 98 valence electrons. The minimum absolute atomic E-state index is 0.113. The summed E-state index contributed by atoms with van der Waals surface area (Å²) in [5.74, 6) is 0.563. The van der Waals surface area contributed by atoms with E-state index in [0.717, 1.165) is 23.2 Å². The van der Waals surface area contributed by atoms with Gasteiger partial charge in [0, 0.05) is 29.4 Å². The summed E-state index contributed by atoms with van der Waals surface area (Å²) >= 11 is 0.787. The highest BCUT2D eigenvalue weighted by molar-refractivity contribution is 8.09. The molecule has 0 atom stereocenters. The number of carbonyl (C=O) groups is 1. The number of anilines is 2. The van der Waals surface area contributed by atoms with E-state index in [1.165, 1.54) is 6.92 Å². The van der Waals surface area contributed by atoms with Crippen molar-refractivity contribution in [2.75, 3.05) is 11.5 Å². The van der Waals surface area contributed by atoms with Crippen molar-refractivity contribution in [2.24, 2.45) is 0 Å². The standard InChI is InChI=1S/C14H14N2O2S/c1-9(17)19-18-10-6-7-14(16)12(8-10)11-4-2-3-5-13(11)15/h2-8H,15-16H2,1H3. The van der Waals surface area contributed by atoms with E-state index in [1.54, 1.807) is 18.2 Å². The van der Waals surface area contributed by atoms with Crippen LogP contribution in [0, 0.1) is 0 Å². The van der Waals surface area contributed by atoms with E-state index in [2.05, 4.69) is 0 Å². The molecule has 2 rings (SSSR count). The van der Waals surface area contributed by atoms with E-state index in [-0.39, 0.29) is 5.12 Å². The Kier molecular flexibility index (Phi) is 3.97. The second kappa shape index (κ2) is 5.67. The molecule has 0 bridgehead atoms. The summed E-state index contributed by atoms with van der Waals surface area (Å²) in [6.07, 6.45) is 0. The maximum absolute atomic E-state index is 10.9. The Morgan fingerprint density at radius 1 is 1.05 bits per heavy atom. The van der Waals surface area contributed by atoms with Crippen LogP contribution < -0.4 is 15.7 Å². The zero-order chi connectivity index (χ0) is 13.8. The van der Waals surface area contributed by atoms with Gasteiger partial charge in [0.1, 0.15) is 17.8 Å². The monoisotopic (exact) mass is 274 g/mol. The number of hydrogen-bond acceptors (Lipinski definition) is 5. The minimum Gasteiger partial charge on any atom is -0.418 e. The van der Waals surface area contributed by atoms with Crippen LogP contribution in [-0.2, 0) is 4.79 Å². The third-order valence-electron chi connectivity index (χ3n) is 2.53. The van der Waals surface area contributed by atoms with Crippen molar-refractivity contribution in [3.63, 3.8) is 0 Å². The van der Waals surface area contributed by atoms with Crippen LogP contribution >= 0.6 is 12.0 Å². The minimum atomic E-state index is -0.113. The van der Waals surface area contributed by atoms with Crippen LogP contribution in [0.5, 0.6) is 5.75 Å². The van der Waals surface area contributed by atoms with Crippen molar-refractivity contribution in [1.29, 1.82) is 0 Å². The van der Waals surface area contributed by atoms with Crippen LogP contribution in [-0.4, -0.2) is 5.12 Å². The number of benzene rings is 2. The van der Waals surface area contributed by atoms with Gasteiger partial charge in [-0.3, -0.25) is 4.79 Å². The lowest BCUT2D eigenvalue weighted by atomic mass is 10.0. The number of hydrogen-bond donors (Lipinski definition) is 2. The fourth-order valence-corrected chi connectivity index (χ4v) is 1.99. The lowest BCUT2D eigenvalue weighted by molar-refractivity contribution is -0.109. The molecule has 19 heavy (non-hydrogen) atoms. The third-order valence-corrected chi connectivity index (χ3v) is 3.04. The summed E-state index contributed by atoms with van der Waals surface area (Å²) in [7, 11) is 0. The Bertz CT molecular complexity index is 614. The van der Waals surface area contributed by atoms with Crippen LogP contribution in [0.25, 0.3) is 11.1 Å². The van der Waals surface area contributed by atoms with Crippen molar-refractivity contribution < 1.29 is 8.98 Å². The highest BCUT2D eigenvalue weighted by Gasteiger charge is 2.08. The number of para-hydroxylation sites is 1. The summed E-state index contributed by atoms with van der Waals surface area (Å²) in [6, 6.07) is 12.7. The molecular weight excluding hydrogens is 260 g/mol.